The molecule has 2 N–H and O–H groups in total. The minimum atomic E-state index is -1.07. The number of nitrogens with one attached hydrogen (secondary N) is 2. The maximum atomic E-state index is 13.6. The molecule has 0 aliphatic heterocycles. The summed E-state index contributed by atoms with van der Waals surface area (Å²) in [7, 11) is 1.42. The molecule has 0 aliphatic carbocycles. The lowest BCUT2D eigenvalue weighted by molar-refractivity contribution is -0.136. The fraction of sp³-hybridized carbons (Fsp3) is 0.0909. The fourth-order valence-corrected chi connectivity index (χ4v) is 3.11. The minimum absolute atomic E-state index is 0.120. The van der Waals surface area contributed by atoms with Crippen LogP contribution in [-0.4, -0.2) is 30.6 Å². The number of para-hydroxylation sites is 1. The second-order valence-corrected chi connectivity index (χ2v) is 7.25. The van der Waals surface area contributed by atoms with Gasteiger partial charge in [0.15, 0.2) is 11.5 Å². The Balaban J connectivity index is 1.66. The largest absolute Gasteiger partial charge is 0.493 e. The lowest BCUT2D eigenvalue weighted by Crippen LogP contribution is -2.33. The van der Waals surface area contributed by atoms with Gasteiger partial charge in [-0.15, -0.1) is 11.3 Å². The number of halogens is 1. The number of thiophene rings is 1. The Morgan fingerprint density at radius 3 is 2.47 bits per heavy atom. The maximum absolute atomic E-state index is 13.6. The number of amides is 2. The van der Waals surface area contributed by atoms with Gasteiger partial charge in [-0.05, 0) is 48.7 Å². The molecule has 10 heteroatoms. The number of rotatable bonds is 6. The van der Waals surface area contributed by atoms with Crippen molar-refractivity contribution in [1.82, 2.24) is 5.43 Å². The van der Waals surface area contributed by atoms with E-state index in [-0.39, 0.29) is 17.2 Å². The molecule has 1 heterocycles. The third kappa shape index (κ3) is 5.55. The van der Waals surface area contributed by atoms with Crippen molar-refractivity contribution < 1.29 is 28.2 Å². The Kier molecular flexibility index (Phi) is 7.29. The van der Waals surface area contributed by atoms with Crippen LogP contribution < -0.4 is 20.2 Å². The second-order valence-electron chi connectivity index (χ2n) is 6.30. The summed E-state index contributed by atoms with van der Waals surface area (Å²) >= 11 is 1.26. The second kappa shape index (κ2) is 10.3. The molecule has 1 aromatic heterocycles. The molecule has 8 nitrogen and oxygen atoms in total. The molecule has 0 saturated heterocycles. The van der Waals surface area contributed by atoms with Gasteiger partial charge in [0.1, 0.15) is 10.7 Å². The van der Waals surface area contributed by atoms with Gasteiger partial charge in [0.2, 0.25) is 0 Å². The summed E-state index contributed by atoms with van der Waals surface area (Å²) < 4.78 is 24.2. The summed E-state index contributed by atoms with van der Waals surface area (Å²) in [6, 6.07) is 13.6. The first-order valence-corrected chi connectivity index (χ1v) is 10.1. The van der Waals surface area contributed by atoms with Gasteiger partial charge < -0.3 is 14.8 Å². The Labute approximate surface area is 186 Å². The number of carbonyl (C=O) groups excluding carboxylic acids is 3. The van der Waals surface area contributed by atoms with Crippen LogP contribution in [0.25, 0.3) is 0 Å². The van der Waals surface area contributed by atoms with Crippen LogP contribution in [0.4, 0.5) is 10.1 Å². The van der Waals surface area contributed by atoms with Crippen molar-refractivity contribution in [2.45, 2.75) is 6.92 Å². The van der Waals surface area contributed by atoms with Gasteiger partial charge in [-0.3, -0.25) is 9.59 Å². The van der Waals surface area contributed by atoms with Gasteiger partial charge in [0.25, 0.3) is 0 Å². The van der Waals surface area contributed by atoms with Crippen molar-refractivity contribution in [3.05, 3.63) is 76.2 Å². The molecule has 0 radical (unpaired) electrons. The van der Waals surface area contributed by atoms with E-state index in [0.717, 1.165) is 6.07 Å². The lowest BCUT2D eigenvalue weighted by Gasteiger charge is -2.11. The summed E-state index contributed by atoms with van der Waals surface area (Å²) in [5.74, 6) is -2.81. The van der Waals surface area contributed by atoms with E-state index >= 15 is 0 Å². The normalized spacial score (nSPS) is 10.9. The predicted molar refractivity (Wildman–Crippen MR) is 118 cm³/mol. The summed E-state index contributed by atoms with van der Waals surface area (Å²) in [5, 5.41) is 7.82. The Morgan fingerprint density at radius 2 is 1.78 bits per heavy atom. The first-order chi connectivity index (χ1) is 15.4. The van der Waals surface area contributed by atoms with Gasteiger partial charge in [-0.25, -0.2) is 14.6 Å². The van der Waals surface area contributed by atoms with E-state index in [0.29, 0.717) is 16.2 Å². The maximum Gasteiger partial charge on any atom is 0.353 e. The number of hydrogen-bond acceptors (Lipinski definition) is 7. The van der Waals surface area contributed by atoms with E-state index in [1.807, 2.05) is 0 Å². The number of methoxy groups -OCH3 is 1. The summed E-state index contributed by atoms with van der Waals surface area (Å²) in [6.07, 6.45) is 0. The Bertz CT molecular complexity index is 1180. The molecule has 164 valence electrons. The monoisotopic (exact) mass is 455 g/mol. The van der Waals surface area contributed by atoms with Crippen molar-refractivity contribution in [3.63, 3.8) is 0 Å². The van der Waals surface area contributed by atoms with Crippen molar-refractivity contribution >= 4 is 40.5 Å². The molecular weight excluding hydrogens is 437 g/mol. The van der Waals surface area contributed by atoms with Crippen LogP contribution in [-0.2, 0) is 9.59 Å². The topological polar surface area (TPSA) is 106 Å². The molecule has 32 heavy (non-hydrogen) atoms. The molecule has 0 aliphatic rings. The van der Waals surface area contributed by atoms with Gasteiger partial charge in [0, 0.05) is 5.56 Å². The molecule has 0 bridgehead atoms. The van der Waals surface area contributed by atoms with Crippen LogP contribution in [0.5, 0.6) is 11.5 Å². The highest BCUT2D eigenvalue weighted by Crippen LogP contribution is 2.29. The molecule has 0 spiro atoms. The van der Waals surface area contributed by atoms with Crippen LogP contribution >= 0.6 is 11.3 Å². The highest BCUT2D eigenvalue weighted by molar-refractivity contribution is 7.12. The van der Waals surface area contributed by atoms with Crippen LogP contribution in [0.2, 0.25) is 0 Å². The number of hydrogen-bond donors (Lipinski definition) is 2. The predicted octanol–water partition coefficient (Wildman–Crippen LogP) is 3.59. The van der Waals surface area contributed by atoms with Crippen LogP contribution in [0.3, 0.4) is 0 Å². The number of esters is 1. The first kappa shape index (κ1) is 22.6. The minimum Gasteiger partial charge on any atom is -0.493 e. The van der Waals surface area contributed by atoms with Crippen molar-refractivity contribution in [1.29, 1.82) is 0 Å². The summed E-state index contributed by atoms with van der Waals surface area (Å²) in [6.45, 7) is 1.60. The molecular formula is C22H18FN3O5S. The van der Waals surface area contributed by atoms with Crippen molar-refractivity contribution in [2.24, 2.45) is 5.10 Å². The third-order valence-corrected chi connectivity index (χ3v) is 5.01. The van der Waals surface area contributed by atoms with Gasteiger partial charge in [-0.2, -0.15) is 5.10 Å². The molecule has 0 fully saturated rings. The van der Waals surface area contributed by atoms with E-state index in [1.54, 1.807) is 36.6 Å². The number of nitrogens with zero attached hydrogens (tertiary/aromatic N) is 1. The van der Waals surface area contributed by atoms with E-state index < -0.39 is 23.6 Å². The number of ether oxygens (including phenoxy) is 2. The molecule has 3 aromatic rings. The highest BCUT2D eigenvalue weighted by Gasteiger charge is 2.16. The van der Waals surface area contributed by atoms with E-state index in [1.165, 1.54) is 42.7 Å². The smallest absolute Gasteiger partial charge is 0.353 e. The zero-order valence-electron chi connectivity index (χ0n) is 17.0. The standard InChI is InChI=1S/C22H18FN3O5S/c1-13(25-26-21(28)20(27)24-16-7-4-3-6-15(16)23)14-9-10-17(18(12-14)30-2)31-22(29)19-8-5-11-32-19/h3-12H,1-2H3,(H,24,27)(H,26,28)/b25-13-. The quantitative estimate of drug-likeness (QED) is 0.194. The van der Waals surface area contributed by atoms with Gasteiger partial charge >= 0.3 is 17.8 Å². The van der Waals surface area contributed by atoms with Crippen molar-refractivity contribution in [2.75, 3.05) is 12.4 Å². The number of carbonyl (C=O) groups is 3. The zero-order chi connectivity index (χ0) is 23.1. The molecule has 0 atom stereocenters. The summed E-state index contributed by atoms with van der Waals surface area (Å²) in [5.41, 5.74) is 2.90. The number of anilines is 1. The molecule has 3 rings (SSSR count). The van der Waals surface area contributed by atoms with E-state index in [2.05, 4.69) is 15.8 Å². The van der Waals surface area contributed by atoms with Crippen LogP contribution in [0, 0.1) is 5.82 Å². The van der Waals surface area contributed by atoms with Crippen molar-refractivity contribution in [3.8, 4) is 11.5 Å². The summed E-state index contributed by atoms with van der Waals surface area (Å²) in [4.78, 5) is 36.5. The Hall–Kier alpha value is -4.05. The fourth-order valence-electron chi connectivity index (χ4n) is 2.51. The highest BCUT2D eigenvalue weighted by atomic mass is 32.1. The van der Waals surface area contributed by atoms with Crippen LogP contribution in [0.1, 0.15) is 22.2 Å². The van der Waals surface area contributed by atoms with Gasteiger partial charge in [0.05, 0.1) is 18.5 Å². The molecule has 0 unspecified atom stereocenters. The molecule has 2 aromatic carbocycles. The average molecular weight is 455 g/mol. The van der Waals surface area contributed by atoms with E-state index in [9.17, 15) is 18.8 Å². The lowest BCUT2D eigenvalue weighted by atomic mass is 10.1. The number of hydrazone groups is 1. The first-order valence-electron chi connectivity index (χ1n) is 9.23. The average Bonchev–Trinajstić information content (AvgIpc) is 3.34. The molecule has 2 amide bonds. The zero-order valence-corrected chi connectivity index (χ0v) is 17.9. The SMILES string of the molecule is COc1cc(/C(C)=N\NC(=O)C(=O)Nc2ccccc2F)ccc1OC(=O)c1cccs1. The third-order valence-electron chi connectivity index (χ3n) is 4.16. The number of benzene rings is 2. The van der Waals surface area contributed by atoms with Gasteiger partial charge in [-0.1, -0.05) is 18.2 Å². The van der Waals surface area contributed by atoms with E-state index in [4.69, 9.17) is 9.47 Å². The van der Waals surface area contributed by atoms with Crippen LogP contribution in [0.15, 0.2) is 65.1 Å². The Morgan fingerprint density at radius 1 is 1.00 bits per heavy atom. The molecule has 0 saturated carbocycles.